The van der Waals surface area contributed by atoms with Crippen LogP contribution >= 0.6 is 0 Å². The average Bonchev–Trinajstić information content (AvgIpc) is 3.10. The summed E-state index contributed by atoms with van der Waals surface area (Å²) in [5, 5.41) is 0. The van der Waals surface area contributed by atoms with Gasteiger partial charge in [0.2, 0.25) is 5.91 Å². The van der Waals surface area contributed by atoms with Gasteiger partial charge in [-0.2, -0.15) is 0 Å². The lowest BCUT2D eigenvalue weighted by Crippen LogP contribution is -2.43. The number of carbonyl (C=O) groups excluding carboxylic acids is 1. The third-order valence-electron chi connectivity index (χ3n) is 4.66. The van der Waals surface area contributed by atoms with E-state index in [9.17, 15) is 4.79 Å². The van der Waals surface area contributed by atoms with Crippen molar-refractivity contribution in [3.05, 3.63) is 47.7 Å². The van der Waals surface area contributed by atoms with Crippen LogP contribution in [0.4, 0.5) is 0 Å². The third-order valence-corrected chi connectivity index (χ3v) is 4.66. The first-order chi connectivity index (χ1) is 12.5. The first-order valence-corrected chi connectivity index (χ1v) is 9.05. The van der Waals surface area contributed by atoms with Crippen molar-refractivity contribution in [1.82, 2.24) is 14.8 Å². The smallest absolute Gasteiger partial charge is 0.236 e. The number of likely N-dealkylation sites (tertiary alicyclic amines) is 1. The number of nitrogens with zero attached hydrogens (tertiary/aromatic N) is 3. The van der Waals surface area contributed by atoms with Crippen LogP contribution < -0.4 is 4.74 Å². The van der Waals surface area contributed by atoms with Gasteiger partial charge in [0, 0.05) is 19.5 Å². The third kappa shape index (κ3) is 4.64. The molecule has 0 aliphatic carbocycles. The summed E-state index contributed by atoms with van der Waals surface area (Å²) < 4.78 is 11.3. The number of rotatable bonds is 6. The first-order valence-electron chi connectivity index (χ1n) is 9.05. The van der Waals surface area contributed by atoms with Crippen molar-refractivity contribution in [3.63, 3.8) is 0 Å². The van der Waals surface area contributed by atoms with Gasteiger partial charge in [-0.1, -0.05) is 12.1 Å². The van der Waals surface area contributed by atoms with Gasteiger partial charge in [0.05, 0.1) is 25.8 Å². The van der Waals surface area contributed by atoms with E-state index in [0.717, 1.165) is 42.4 Å². The van der Waals surface area contributed by atoms with Crippen LogP contribution in [0, 0.1) is 0 Å². The van der Waals surface area contributed by atoms with Gasteiger partial charge < -0.3 is 19.0 Å². The Balaban J connectivity index is 1.64. The van der Waals surface area contributed by atoms with E-state index in [1.165, 1.54) is 0 Å². The highest BCUT2D eigenvalue weighted by atomic mass is 16.5. The lowest BCUT2D eigenvalue weighted by Gasteiger charge is -2.32. The molecule has 3 rings (SSSR count). The van der Waals surface area contributed by atoms with Gasteiger partial charge >= 0.3 is 0 Å². The van der Waals surface area contributed by atoms with E-state index in [1.807, 2.05) is 48.2 Å². The molecule has 6 nitrogen and oxygen atoms in total. The van der Waals surface area contributed by atoms with E-state index in [-0.39, 0.29) is 11.8 Å². The van der Waals surface area contributed by atoms with Gasteiger partial charge in [0.15, 0.2) is 5.89 Å². The number of carbonyl (C=O) groups is 1. The normalized spacial score (nSPS) is 17.5. The van der Waals surface area contributed by atoms with E-state index in [0.29, 0.717) is 19.5 Å². The molecule has 140 valence electrons. The summed E-state index contributed by atoms with van der Waals surface area (Å²) in [6, 6.07) is 7.95. The molecule has 26 heavy (non-hydrogen) atoms. The zero-order valence-electron chi connectivity index (χ0n) is 15.8. The number of benzene rings is 1. The fraction of sp³-hybridized carbons (Fsp3) is 0.500. The Kier molecular flexibility index (Phi) is 5.93. The van der Waals surface area contributed by atoms with Gasteiger partial charge in [-0.3, -0.25) is 4.79 Å². The fourth-order valence-electron chi connectivity index (χ4n) is 3.35. The summed E-state index contributed by atoms with van der Waals surface area (Å²) >= 11 is 0. The minimum absolute atomic E-state index is 0.169. The molecule has 6 heteroatoms. The second-order valence-electron chi connectivity index (χ2n) is 7.11. The van der Waals surface area contributed by atoms with Crippen LogP contribution in [-0.4, -0.2) is 61.5 Å². The zero-order valence-corrected chi connectivity index (χ0v) is 15.8. The Hall–Kier alpha value is -2.34. The van der Waals surface area contributed by atoms with Gasteiger partial charge in [-0.05, 0) is 44.6 Å². The fourth-order valence-corrected chi connectivity index (χ4v) is 3.35. The molecule has 1 aromatic heterocycles. The predicted octanol–water partition coefficient (Wildman–Crippen LogP) is 2.54. The summed E-state index contributed by atoms with van der Waals surface area (Å²) in [7, 11) is 5.49. The predicted molar refractivity (Wildman–Crippen MR) is 99.4 cm³/mol. The summed E-state index contributed by atoms with van der Waals surface area (Å²) in [6.07, 6.45) is 4.47. The Labute approximate surface area is 154 Å². The summed E-state index contributed by atoms with van der Waals surface area (Å²) in [4.78, 5) is 20.6. The minimum atomic E-state index is 0.169. The van der Waals surface area contributed by atoms with E-state index in [2.05, 4.69) is 4.98 Å². The van der Waals surface area contributed by atoms with E-state index in [1.54, 1.807) is 13.3 Å². The van der Waals surface area contributed by atoms with Crippen molar-refractivity contribution < 1.29 is 13.9 Å². The lowest BCUT2D eigenvalue weighted by atomic mass is 9.98. The van der Waals surface area contributed by atoms with E-state index < -0.39 is 0 Å². The van der Waals surface area contributed by atoms with Gasteiger partial charge in [-0.15, -0.1) is 0 Å². The molecule has 1 amide bonds. The first kappa shape index (κ1) is 18.5. The van der Waals surface area contributed by atoms with Gasteiger partial charge in [0.25, 0.3) is 0 Å². The topological polar surface area (TPSA) is 58.8 Å². The quantitative estimate of drug-likeness (QED) is 0.795. The number of hydrogen-bond donors (Lipinski definition) is 0. The van der Waals surface area contributed by atoms with Crippen molar-refractivity contribution in [1.29, 1.82) is 0 Å². The second-order valence-corrected chi connectivity index (χ2v) is 7.11. The molecule has 1 saturated heterocycles. The number of oxazole rings is 1. The highest BCUT2D eigenvalue weighted by Crippen LogP contribution is 2.27. The minimum Gasteiger partial charge on any atom is -0.497 e. The molecule has 0 saturated carbocycles. The van der Waals surface area contributed by atoms with Crippen LogP contribution in [0.15, 0.2) is 34.9 Å². The molecule has 0 radical (unpaired) electrons. The number of piperidine rings is 1. The number of aromatic nitrogens is 1. The van der Waals surface area contributed by atoms with Crippen LogP contribution in [0.25, 0.3) is 0 Å². The SMILES string of the molecule is COc1cccc(Cc2cnc([C@H]3CCCN(C(=O)CN(C)C)C3)o2)c1. The molecule has 1 atom stereocenters. The summed E-state index contributed by atoms with van der Waals surface area (Å²) in [5.41, 5.74) is 1.12. The van der Waals surface area contributed by atoms with Crippen molar-refractivity contribution in [2.45, 2.75) is 25.2 Å². The molecule has 0 unspecified atom stereocenters. The lowest BCUT2D eigenvalue weighted by molar-refractivity contribution is -0.133. The van der Waals surface area contributed by atoms with E-state index >= 15 is 0 Å². The molecule has 2 heterocycles. The molecule has 2 aromatic rings. The molecular formula is C20H27N3O3. The molecule has 1 aliphatic rings. The molecule has 0 spiro atoms. The Morgan fingerprint density at radius 1 is 1.42 bits per heavy atom. The van der Waals surface area contributed by atoms with Crippen molar-refractivity contribution >= 4 is 5.91 Å². The molecule has 0 N–H and O–H groups in total. The van der Waals surface area contributed by atoms with Crippen LogP contribution in [0.2, 0.25) is 0 Å². The summed E-state index contributed by atoms with van der Waals surface area (Å²) in [6.45, 7) is 1.95. The molecule has 1 fully saturated rings. The summed E-state index contributed by atoms with van der Waals surface area (Å²) in [5.74, 6) is 2.76. The molecule has 1 aliphatic heterocycles. The Bertz CT molecular complexity index is 741. The molecule has 0 bridgehead atoms. The van der Waals surface area contributed by atoms with E-state index in [4.69, 9.17) is 9.15 Å². The van der Waals surface area contributed by atoms with Crippen LogP contribution in [0.3, 0.4) is 0 Å². The van der Waals surface area contributed by atoms with Crippen LogP contribution in [0.1, 0.15) is 36.0 Å². The van der Waals surface area contributed by atoms with Gasteiger partial charge in [0.1, 0.15) is 11.5 Å². The number of hydrogen-bond acceptors (Lipinski definition) is 5. The number of methoxy groups -OCH3 is 1. The maximum atomic E-state index is 12.3. The van der Waals surface area contributed by atoms with Crippen LogP contribution in [-0.2, 0) is 11.2 Å². The van der Waals surface area contributed by atoms with Crippen molar-refractivity contribution in [3.8, 4) is 5.75 Å². The maximum absolute atomic E-state index is 12.3. The maximum Gasteiger partial charge on any atom is 0.236 e. The zero-order chi connectivity index (χ0) is 18.5. The monoisotopic (exact) mass is 357 g/mol. The number of ether oxygens (including phenoxy) is 1. The van der Waals surface area contributed by atoms with Gasteiger partial charge in [-0.25, -0.2) is 4.98 Å². The van der Waals surface area contributed by atoms with Crippen molar-refractivity contribution in [2.24, 2.45) is 0 Å². The highest BCUT2D eigenvalue weighted by molar-refractivity contribution is 5.78. The Morgan fingerprint density at radius 3 is 3.04 bits per heavy atom. The number of likely N-dealkylation sites (N-methyl/N-ethyl adjacent to an activating group) is 1. The largest absolute Gasteiger partial charge is 0.497 e. The van der Waals surface area contributed by atoms with Crippen LogP contribution in [0.5, 0.6) is 5.75 Å². The molecule has 1 aromatic carbocycles. The second kappa shape index (κ2) is 8.36. The highest BCUT2D eigenvalue weighted by Gasteiger charge is 2.27. The Morgan fingerprint density at radius 2 is 2.27 bits per heavy atom. The number of amides is 1. The average molecular weight is 357 g/mol. The standard InChI is InChI=1S/C20H27N3O3/c1-22(2)14-19(24)23-9-5-7-16(13-23)20-21-12-18(26-20)11-15-6-4-8-17(10-15)25-3/h4,6,8,10,12,16H,5,7,9,11,13-14H2,1-3H3/t16-/m0/s1. The molecular weight excluding hydrogens is 330 g/mol. The van der Waals surface area contributed by atoms with Crippen molar-refractivity contribution in [2.75, 3.05) is 40.8 Å².